The Balaban J connectivity index is 3.62. The molecule has 0 aliphatic heterocycles. The van der Waals surface area contributed by atoms with Crippen LogP contribution in [-0.4, -0.2) is 10.9 Å². The first kappa shape index (κ1) is 9.50. The smallest absolute Gasteiger partial charge is 0.204 e. The van der Waals surface area contributed by atoms with Gasteiger partial charge in [0.05, 0.1) is 6.26 Å². The molecule has 0 radical (unpaired) electrons. The van der Waals surface area contributed by atoms with Gasteiger partial charge in [0.1, 0.15) is 0 Å². The number of allylic oxidation sites excluding steroid dienone is 1. The van der Waals surface area contributed by atoms with Gasteiger partial charge in [0.15, 0.2) is 0 Å². The van der Waals surface area contributed by atoms with E-state index in [0.29, 0.717) is 6.42 Å². The Morgan fingerprint density at radius 3 is 2.60 bits per heavy atom. The molecule has 0 amide bonds. The second kappa shape index (κ2) is 4.34. The average Bonchev–Trinajstić information content (AvgIpc) is 1.84. The van der Waals surface area contributed by atoms with Gasteiger partial charge in [-0.05, 0) is 13.3 Å². The van der Waals surface area contributed by atoms with E-state index in [0.717, 1.165) is 6.42 Å². The van der Waals surface area contributed by atoms with E-state index in [1.54, 1.807) is 13.0 Å². The second-order valence-corrected chi connectivity index (χ2v) is 2.51. The number of hydrogen-bond donors (Lipinski definition) is 1. The fraction of sp³-hybridized carbons (Fsp3) is 0.750. The van der Waals surface area contributed by atoms with Crippen molar-refractivity contribution in [1.82, 2.24) is 0 Å². The van der Waals surface area contributed by atoms with Crippen LogP contribution in [0.15, 0.2) is 12.3 Å². The zero-order valence-corrected chi connectivity index (χ0v) is 6.92. The van der Waals surface area contributed by atoms with E-state index in [2.05, 4.69) is 0 Å². The zero-order chi connectivity index (χ0) is 8.04. The van der Waals surface area contributed by atoms with Gasteiger partial charge in [-0.15, -0.1) is 0 Å². The van der Waals surface area contributed by atoms with Crippen LogP contribution in [0.4, 0.5) is 0 Å². The molecule has 10 heavy (non-hydrogen) atoms. The van der Waals surface area contributed by atoms with Crippen molar-refractivity contribution in [1.29, 1.82) is 0 Å². The normalized spacial score (nSPS) is 17.2. The Labute approximate surface area is 62.5 Å². The number of hydrogen-bond acceptors (Lipinski definition) is 2. The molecule has 1 unspecified atom stereocenters. The Morgan fingerprint density at radius 1 is 1.60 bits per heavy atom. The minimum absolute atomic E-state index is 0.664. The predicted molar refractivity (Wildman–Crippen MR) is 41.4 cm³/mol. The van der Waals surface area contributed by atoms with E-state index in [1.165, 1.54) is 6.26 Å². The van der Waals surface area contributed by atoms with E-state index in [4.69, 9.17) is 4.74 Å². The molecule has 0 aromatic heterocycles. The van der Waals surface area contributed by atoms with Crippen LogP contribution in [0.25, 0.3) is 0 Å². The summed E-state index contributed by atoms with van der Waals surface area (Å²) in [4.78, 5) is 0. The summed E-state index contributed by atoms with van der Waals surface area (Å²) in [5.74, 6) is -0.985. The van der Waals surface area contributed by atoms with Gasteiger partial charge in [0.2, 0.25) is 5.79 Å². The summed E-state index contributed by atoms with van der Waals surface area (Å²) in [5.41, 5.74) is 0. The van der Waals surface area contributed by atoms with Gasteiger partial charge in [-0.25, -0.2) is 0 Å². The average molecular weight is 144 g/mol. The Morgan fingerprint density at radius 2 is 2.20 bits per heavy atom. The maximum absolute atomic E-state index is 9.37. The third kappa shape index (κ3) is 4.39. The number of rotatable bonds is 4. The first-order chi connectivity index (χ1) is 4.62. The lowest BCUT2D eigenvalue weighted by Crippen LogP contribution is -2.25. The van der Waals surface area contributed by atoms with Crippen LogP contribution in [0.5, 0.6) is 0 Å². The van der Waals surface area contributed by atoms with Crippen molar-refractivity contribution >= 4 is 0 Å². The van der Waals surface area contributed by atoms with Crippen molar-refractivity contribution in [3.63, 3.8) is 0 Å². The summed E-state index contributed by atoms with van der Waals surface area (Å²) in [7, 11) is 0. The zero-order valence-electron chi connectivity index (χ0n) is 6.92. The van der Waals surface area contributed by atoms with E-state index in [9.17, 15) is 5.11 Å². The van der Waals surface area contributed by atoms with E-state index in [1.807, 2.05) is 13.8 Å². The van der Waals surface area contributed by atoms with Gasteiger partial charge >= 0.3 is 0 Å². The predicted octanol–water partition coefficient (Wildman–Crippen LogP) is 2.05. The van der Waals surface area contributed by atoms with E-state index >= 15 is 0 Å². The topological polar surface area (TPSA) is 29.5 Å². The van der Waals surface area contributed by atoms with Crippen LogP contribution in [0.2, 0.25) is 0 Å². The van der Waals surface area contributed by atoms with Crippen LogP contribution in [-0.2, 0) is 4.74 Å². The molecule has 1 N–H and O–H groups in total. The second-order valence-electron chi connectivity index (χ2n) is 2.51. The highest BCUT2D eigenvalue weighted by Crippen LogP contribution is 2.13. The third-order valence-corrected chi connectivity index (χ3v) is 1.17. The summed E-state index contributed by atoms with van der Waals surface area (Å²) in [6.45, 7) is 5.52. The Bertz CT molecular complexity index is 106. The van der Waals surface area contributed by atoms with Crippen molar-refractivity contribution in [2.24, 2.45) is 0 Å². The fourth-order valence-corrected chi connectivity index (χ4v) is 0.737. The molecular formula is C8H16O2. The van der Waals surface area contributed by atoms with Crippen LogP contribution in [0.1, 0.15) is 33.6 Å². The maximum atomic E-state index is 9.37. The molecule has 0 saturated heterocycles. The molecule has 2 nitrogen and oxygen atoms in total. The molecule has 1 atom stereocenters. The van der Waals surface area contributed by atoms with Crippen molar-refractivity contribution in [3.05, 3.63) is 12.3 Å². The highest BCUT2D eigenvalue weighted by molar-refractivity contribution is 4.70. The van der Waals surface area contributed by atoms with E-state index < -0.39 is 5.79 Å². The summed E-state index contributed by atoms with van der Waals surface area (Å²) >= 11 is 0. The summed E-state index contributed by atoms with van der Waals surface area (Å²) in [6.07, 6.45) is 4.85. The van der Waals surface area contributed by atoms with Gasteiger partial charge in [-0.2, -0.15) is 0 Å². The van der Waals surface area contributed by atoms with Crippen LogP contribution in [0.3, 0.4) is 0 Å². The lowest BCUT2D eigenvalue weighted by atomic mass is 10.2. The summed E-state index contributed by atoms with van der Waals surface area (Å²) < 4.78 is 4.99. The highest BCUT2D eigenvalue weighted by Gasteiger charge is 2.17. The van der Waals surface area contributed by atoms with Gasteiger partial charge in [0.25, 0.3) is 0 Å². The lowest BCUT2D eigenvalue weighted by Gasteiger charge is -2.21. The molecule has 0 aliphatic carbocycles. The summed E-state index contributed by atoms with van der Waals surface area (Å²) in [5, 5.41) is 9.37. The van der Waals surface area contributed by atoms with Gasteiger partial charge in [-0.1, -0.05) is 13.0 Å². The molecule has 0 heterocycles. The minimum Gasteiger partial charge on any atom is -0.471 e. The van der Waals surface area contributed by atoms with Crippen LogP contribution in [0, 0.1) is 0 Å². The molecule has 0 bridgehead atoms. The molecule has 0 aromatic rings. The van der Waals surface area contributed by atoms with Gasteiger partial charge < -0.3 is 9.84 Å². The molecule has 2 heteroatoms. The quantitative estimate of drug-likeness (QED) is 0.483. The maximum Gasteiger partial charge on any atom is 0.204 e. The Hall–Kier alpha value is -0.500. The molecule has 0 rings (SSSR count). The number of aliphatic hydroxyl groups is 1. The first-order valence-electron chi connectivity index (χ1n) is 3.63. The molecule has 0 fully saturated rings. The molecular weight excluding hydrogens is 128 g/mol. The Kier molecular flexibility index (Phi) is 4.12. The summed E-state index contributed by atoms with van der Waals surface area (Å²) in [6, 6.07) is 0. The fourth-order valence-electron chi connectivity index (χ4n) is 0.737. The standard InChI is InChI=1S/C8H16O2/c1-4-6-8(3,9)10-7-5-2/h5,7,9H,4,6H2,1-3H3/b7-5-. The number of ether oxygens (including phenoxy) is 1. The molecule has 0 aliphatic rings. The SMILES string of the molecule is C/C=C\OC(C)(O)CCC. The van der Waals surface area contributed by atoms with Crippen LogP contribution >= 0.6 is 0 Å². The molecule has 0 spiro atoms. The van der Waals surface area contributed by atoms with E-state index in [-0.39, 0.29) is 0 Å². The van der Waals surface area contributed by atoms with Crippen LogP contribution < -0.4 is 0 Å². The van der Waals surface area contributed by atoms with Crippen molar-refractivity contribution < 1.29 is 9.84 Å². The largest absolute Gasteiger partial charge is 0.471 e. The highest BCUT2D eigenvalue weighted by atomic mass is 16.6. The van der Waals surface area contributed by atoms with Gasteiger partial charge in [0, 0.05) is 13.3 Å². The van der Waals surface area contributed by atoms with Crippen molar-refractivity contribution in [3.8, 4) is 0 Å². The molecule has 0 saturated carbocycles. The molecule has 0 aromatic carbocycles. The minimum atomic E-state index is -0.985. The first-order valence-corrected chi connectivity index (χ1v) is 3.63. The monoisotopic (exact) mass is 144 g/mol. The van der Waals surface area contributed by atoms with Gasteiger partial charge in [-0.3, -0.25) is 0 Å². The lowest BCUT2D eigenvalue weighted by molar-refractivity contribution is -0.156. The van der Waals surface area contributed by atoms with Crippen molar-refractivity contribution in [2.75, 3.05) is 0 Å². The molecule has 60 valence electrons. The van der Waals surface area contributed by atoms with Crippen molar-refractivity contribution in [2.45, 2.75) is 39.4 Å². The third-order valence-electron chi connectivity index (χ3n) is 1.17.